The van der Waals surface area contributed by atoms with Crippen LogP contribution in [0.15, 0.2) is 119 Å². The van der Waals surface area contributed by atoms with Crippen LogP contribution in [0, 0.1) is 13.8 Å². The summed E-state index contributed by atoms with van der Waals surface area (Å²) in [6, 6.07) is 36.9. The van der Waals surface area contributed by atoms with Crippen LogP contribution in [0.5, 0.6) is 0 Å². The summed E-state index contributed by atoms with van der Waals surface area (Å²) in [6.45, 7) is 4.80. The van der Waals surface area contributed by atoms with Crippen molar-refractivity contribution in [3.8, 4) is 0 Å². The van der Waals surface area contributed by atoms with Crippen LogP contribution in [-0.4, -0.2) is 17.0 Å². The Morgan fingerprint density at radius 2 is 1.26 bits per heavy atom. The fourth-order valence-electron chi connectivity index (χ4n) is 3.76. The lowest BCUT2D eigenvalue weighted by Crippen LogP contribution is -2.33. The minimum absolute atomic E-state index is 0.0440. The molecule has 0 saturated heterocycles. The van der Waals surface area contributed by atoms with Gasteiger partial charge in [0.1, 0.15) is 0 Å². The van der Waals surface area contributed by atoms with Gasteiger partial charge < -0.3 is 4.90 Å². The smallest absolute Gasteiger partial charge is 0.258 e. The number of hydrogen-bond acceptors (Lipinski definition) is 3. The summed E-state index contributed by atoms with van der Waals surface area (Å²) in [5.41, 5.74) is 3.96. The Labute approximate surface area is 211 Å². The Kier molecular flexibility index (Phi) is 8.51. The third-order valence-electron chi connectivity index (χ3n) is 5.53. The zero-order valence-corrected chi connectivity index (χ0v) is 21.2. The van der Waals surface area contributed by atoms with E-state index in [4.69, 9.17) is 0 Å². The van der Waals surface area contributed by atoms with Crippen molar-refractivity contribution >= 4 is 35.1 Å². The van der Waals surface area contributed by atoms with Crippen molar-refractivity contribution in [2.45, 2.75) is 34.6 Å². The number of thioether (sulfide) groups is 2. The summed E-state index contributed by atoms with van der Waals surface area (Å²) >= 11 is 3.72. The number of benzene rings is 4. The summed E-state index contributed by atoms with van der Waals surface area (Å²) in [6.07, 6.45) is 0.852. The molecule has 0 spiro atoms. The molecule has 4 aromatic rings. The predicted molar refractivity (Wildman–Crippen MR) is 147 cm³/mol. The average molecular weight is 484 g/mol. The first-order valence-corrected chi connectivity index (χ1v) is 13.2. The highest BCUT2D eigenvalue weighted by molar-refractivity contribution is 8.17. The molecule has 2 nitrogen and oxygen atoms in total. The Hall–Kier alpha value is -2.95. The SMILES string of the molecule is Cc1ccc(C)c(N(CCC(Sc2ccccc2)Sc2ccccc2)C(=O)c2ccccc2)c1. The molecule has 0 aliphatic rings. The number of anilines is 1. The molecule has 34 heavy (non-hydrogen) atoms. The van der Waals surface area contributed by atoms with Crippen LogP contribution in [0.2, 0.25) is 0 Å². The van der Waals surface area contributed by atoms with Gasteiger partial charge in [-0.1, -0.05) is 66.7 Å². The van der Waals surface area contributed by atoms with Crippen molar-refractivity contribution in [3.05, 3.63) is 126 Å². The second-order valence-electron chi connectivity index (χ2n) is 8.19. The highest BCUT2D eigenvalue weighted by atomic mass is 32.2. The normalized spacial score (nSPS) is 10.9. The standard InChI is InChI=1S/C30H29NOS2/c1-23-18-19-24(2)28(22-23)31(30(32)25-12-6-3-7-13-25)21-20-29(33-26-14-8-4-9-15-26)34-27-16-10-5-11-17-27/h3-19,22,29H,20-21H2,1-2H3. The van der Waals surface area contributed by atoms with E-state index in [0.717, 1.165) is 23.2 Å². The highest BCUT2D eigenvalue weighted by Gasteiger charge is 2.22. The van der Waals surface area contributed by atoms with Gasteiger partial charge in [0.15, 0.2) is 0 Å². The lowest BCUT2D eigenvalue weighted by molar-refractivity contribution is 0.0986. The largest absolute Gasteiger partial charge is 0.308 e. The van der Waals surface area contributed by atoms with Crippen molar-refractivity contribution in [2.24, 2.45) is 0 Å². The van der Waals surface area contributed by atoms with Crippen molar-refractivity contribution < 1.29 is 4.79 Å². The molecule has 0 saturated carbocycles. The minimum atomic E-state index is 0.0440. The van der Waals surface area contributed by atoms with Crippen LogP contribution in [0.1, 0.15) is 27.9 Å². The second kappa shape index (κ2) is 12.0. The number of carbonyl (C=O) groups is 1. The molecule has 4 rings (SSSR count). The fraction of sp³-hybridized carbons (Fsp3) is 0.167. The van der Waals surface area contributed by atoms with Gasteiger partial charge in [-0.2, -0.15) is 0 Å². The van der Waals surface area contributed by atoms with Gasteiger partial charge >= 0.3 is 0 Å². The topological polar surface area (TPSA) is 20.3 Å². The molecule has 1 amide bonds. The van der Waals surface area contributed by atoms with Crippen molar-refractivity contribution in [1.82, 2.24) is 0 Å². The van der Waals surface area contributed by atoms with Crippen LogP contribution in [-0.2, 0) is 0 Å². The summed E-state index contributed by atoms with van der Waals surface area (Å²) in [4.78, 5) is 18.1. The Morgan fingerprint density at radius 3 is 1.82 bits per heavy atom. The summed E-state index contributed by atoms with van der Waals surface area (Å²) in [5, 5.41) is 0. The van der Waals surface area contributed by atoms with E-state index in [1.807, 2.05) is 70.9 Å². The number of rotatable bonds is 9. The fourth-order valence-corrected chi connectivity index (χ4v) is 6.30. The van der Waals surface area contributed by atoms with Gasteiger partial charge in [0.25, 0.3) is 5.91 Å². The average Bonchev–Trinajstić information content (AvgIpc) is 2.87. The van der Waals surface area contributed by atoms with E-state index in [1.165, 1.54) is 9.79 Å². The molecular weight excluding hydrogens is 454 g/mol. The summed E-state index contributed by atoms with van der Waals surface area (Å²) in [5.74, 6) is 0.0440. The van der Waals surface area contributed by atoms with E-state index in [9.17, 15) is 4.79 Å². The van der Waals surface area contributed by atoms with Gasteiger partial charge in [-0.3, -0.25) is 4.79 Å². The molecule has 4 heteroatoms. The first-order chi connectivity index (χ1) is 16.6. The molecular formula is C30H29NOS2. The van der Waals surface area contributed by atoms with Gasteiger partial charge in [-0.05, 0) is 73.9 Å². The van der Waals surface area contributed by atoms with Crippen LogP contribution in [0.4, 0.5) is 5.69 Å². The van der Waals surface area contributed by atoms with Gasteiger partial charge in [0.2, 0.25) is 0 Å². The zero-order valence-electron chi connectivity index (χ0n) is 19.6. The Bertz CT molecular complexity index is 1150. The van der Waals surface area contributed by atoms with Crippen molar-refractivity contribution in [1.29, 1.82) is 0 Å². The first kappa shape index (κ1) is 24.2. The first-order valence-electron chi connectivity index (χ1n) is 11.5. The highest BCUT2D eigenvalue weighted by Crippen LogP contribution is 2.38. The molecule has 0 radical (unpaired) electrons. The number of aryl methyl sites for hydroxylation is 2. The molecule has 0 aliphatic carbocycles. The van der Waals surface area contributed by atoms with Gasteiger partial charge in [0.05, 0.1) is 4.58 Å². The van der Waals surface area contributed by atoms with Crippen molar-refractivity contribution in [2.75, 3.05) is 11.4 Å². The number of carbonyl (C=O) groups excluding carboxylic acids is 1. The quantitative estimate of drug-likeness (QED) is 0.177. The van der Waals surface area contributed by atoms with Gasteiger partial charge in [-0.25, -0.2) is 0 Å². The van der Waals surface area contributed by atoms with E-state index < -0.39 is 0 Å². The zero-order chi connectivity index (χ0) is 23.8. The third-order valence-corrected chi connectivity index (χ3v) is 8.19. The van der Waals surface area contributed by atoms with Crippen LogP contribution in [0.25, 0.3) is 0 Å². The molecule has 0 aromatic heterocycles. The molecule has 0 unspecified atom stereocenters. The molecule has 0 atom stereocenters. The maximum absolute atomic E-state index is 13.7. The van der Waals surface area contributed by atoms with Crippen LogP contribution < -0.4 is 4.90 Å². The van der Waals surface area contributed by atoms with E-state index in [-0.39, 0.29) is 10.5 Å². The van der Waals surface area contributed by atoms with E-state index in [0.29, 0.717) is 12.1 Å². The summed E-state index contributed by atoms with van der Waals surface area (Å²) < 4.78 is 0.265. The number of nitrogens with zero attached hydrogens (tertiary/aromatic N) is 1. The van der Waals surface area contributed by atoms with Gasteiger partial charge in [-0.15, -0.1) is 23.5 Å². The monoisotopic (exact) mass is 483 g/mol. The lowest BCUT2D eigenvalue weighted by Gasteiger charge is -2.27. The Balaban J connectivity index is 1.61. The molecule has 0 N–H and O–H groups in total. The van der Waals surface area contributed by atoms with E-state index in [2.05, 4.69) is 80.6 Å². The van der Waals surface area contributed by atoms with E-state index in [1.54, 1.807) is 0 Å². The van der Waals surface area contributed by atoms with Crippen LogP contribution in [0.3, 0.4) is 0 Å². The second-order valence-corrected chi connectivity index (χ2v) is 11.0. The number of amides is 1. The maximum atomic E-state index is 13.7. The molecule has 172 valence electrons. The molecule has 0 heterocycles. The predicted octanol–water partition coefficient (Wildman–Crippen LogP) is 8.25. The maximum Gasteiger partial charge on any atom is 0.258 e. The molecule has 0 aliphatic heterocycles. The van der Waals surface area contributed by atoms with Crippen molar-refractivity contribution in [3.63, 3.8) is 0 Å². The van der Waals surface area contributed by atoms with E-state index >= 15 is 0 Å². The third kappa shape index (κ3) is 6.55. The summed E-state index contributed by atoms with van der Waals surface area (Å²) in [7, 11) is 0. The lowest BCUT2D eigenvalue weighted by atomic mass is 10.1. The Morgan fingerprint density at radius 1 is 0.735 bits per heavy atom. The molecule has 0 fully saturated rings. The molecule has 4 aromatic carbocycles. The number of hydrogen-bond donors (Lipinski definition) is 0. The van der Waals surface area contributed by atoms with Crippen LogP contribution >= 0.6 is 23.5 Å². The van der Waals surface area contributed by atoms with Gasteiger partial charge in [0, 0.05) is 27.6 Å². The minimum Gasteiger partial charge on any atom is -0.308 e. The molecule has 0 bridgehead atoms.